The van der Waals surface area contributed by atoms with Crippen LogP contribution in [0.3, 0.4) is 0 Å². The molecular formula is C27H27N3O5S. The highest BCUT2D eigenvalue weighted by Gasteiger charge is 2.39. The van der Waals surface area contributed by atoms with Gasteiger partial charge in [0.05, 0.1) is 4.90 Å². The molecule has 0 bridgehead atoms. The van der Waals surface area contributed by atoms with Gasteiger partial charge >= 0.3 is 0 Å². The summed E-state index contributed by atoms with van der Waals surface area (Å²) in [6.07, 6.45) is 0. The zero-order valence-corrected chi connectivity index (χ0v) is 20.6. The van der Waals surface area contributed by atoms with Gasteiger partial charge < -0.3 is 15.1 Å². The maximum Gasteiger partial charge on any atom is 0.261 e. The van der Waals surface area contributed by atoms with Crippen LogP contribution in [0.4, 0.5) is 0 Å². The second-order valence-corrected chi connectivity index (χ2v) is 10.6. The second kappa shape index (κ2) is 10.7. The van der Waals surface area contributed by atoms with E-state index in [-0.39, 0.29) is 42.5 Å². The van der Waals surface area contributed by atoms with Crippen molar-refractivity contribution in [1.82, 2.24) is 15.1 Å². The molecular weight excluding hydrogens is 478 g/mol. The fourth-order valence-electron chi connectivity index (χ4n) is 3.98. The van der Waals surface area contributed by atoms with Crippen molar-refractivity contribution in [1.29, 1.82) is 0 Å². The number of rotatable bonds is 6. The molecule has 8 nitrogen and oxygen atoms in total. The Balaban J connectivity index is 1.54. The van der Waals surface area contributed by atoms with Crippen molar-refractivity contribution in [2.24, 2.45) is 0 Å². The van der Waals surface area contributed by atoms with Gasteiger partial charge in [-0.2, -0.15) is 0 Å². The van der Waals surface area contributed by atoms with Crippen molar-refractivity contribution in [3.63, 3.8) is 0 Å². The van der Waals surface area contributed by atoms with E-state index in [2.05, 4.69) is 5.32 Å². The van der Waals surface area contributed by atoms with Crippen molar-refractivity contribution in [3.8, 4) is 0 Å². The van der Waals surface area contributed by atoms with E-state index in [1.807, 2.05) is 13.0 Å². The smallest absolute Gasteiger partial charge is 0.261 e. The zero-order valence-electron chi connectivity index (χ0n) is 19.8. The molecule has 1 atom stereocenters. The molecule has 3 amide bonds. The normalized spacial score (nSPS) is 14.7. The Kier molecular flexibility index (Phi) is 7.49. The molecule has 0 unspecified atom stereocenters. The standard InChI is InChI=1S/C27H27N3O5S/c1-20-12-14-21(15-13-20)24(31)28-25(36(34,35)23-10-6-3-7-11-23)27(33)30-18-16-29(17-19-30)26(32)22-8-4-2-5-9-22/h2-15,25H,16-19H2,1H3,(H,28,31)/t25-/m1/s1. The van der Waals surface area contributed by atoms with E-state index < -0.39 is 27.0 Å². The van der Waals surface area contributed by atoms with Gasteiger partial charge in [-0.05, 0) is 43.3 Å². The maximum absolute atomic E-state index is 13.5. The quantitative estimate of drug-likeness (QED) is 0.555. The Morgan fingerprint density at radius 2 is 1.25 bits per heavy atom. The summed E-state index contributed by atoms with van der Waals surface area (Å²) in [5.41, 5.74) is 1.74. The van der Waals surface area contributed by atoms with Crippen LogP contribution in [0, 0.1) is 6.92 Å². The van der Waals surface area contributed by atoms with E-state index in [0.29, 0.717) is 5.56 Å². The lowest BCUT2D eigenvalue weighted by molar-refractivity contribution is -0.132. The number of carbonyl (C=O) groups excluding carboxylic acids is 3. The van der Waals surface area contributed by atoms with Gasteiger partial charge in [0.2, 0.25) is 15.2 Å². The molecule has 1 heterocycles. The summed E-state index contributed by atoms with van der Waals surface area (Å²) in [7, 11) is -4.24. The third-order valence-electron chi connectivity index (χ3n) is 6.08. The first-order valence-corrected chi connectivity index (χ1v) is 13.1. The molecule has 1 aliphatic heterocycles. The molecule has 3 aromatic carbocycles. The van der Waals surface area contributed by atoms with Crippen LogP contribution in [-0.4, -0.2) is 67.5 Å². The first-order valence-electron chi connectivity index (χ1n) is 11.6. The molecule has 0 spiro atoms. The minimum atomic E-state index is -4.24. The number of nitrogens with one attached hydrogen (secondary N) is 1. The van der Waals surface area contributed by atoms with Crippen LogP contribution in [0.5, 0.6) is 0 Å². The highest BCUT2D eigenvalue weighted by molar-refractivity contribution is 7.92. The monoisotopic (exact) mass is 505 g/mol. The zero-order chi connectivity index (χ0) is 25.7. The minimum absolute atomic E-state index is 0.0644. The van der Waals surface area contributed by atoms with Crippen molar-refractivity contribution in [3.05, 3.63) is 102 Å². The van der Waals surface area contributed by atoms with Crippen molar-refractivity contribution in [2.75, 3.05) is 26.2 Å². The van der Waals surface area contributed by atoms with Gasteiger partial charge in [-0.15, -0.1) is 0 Å². The van der Waals surface area contributed by atoms with Crippen LogP contribution in [0.1, 0.15) is 26.3 Å². The molecule has 36 heavy (non-hydrogen) atoms. The predicted octanol–water partition coefficient (Wildman–Crippen LogP) is 2.51. The van der Waals surface area contributed by atoms with Crippen molar-refractivity contribution in [2.45, 2.75) is 17.2 Å². The Hall–Kier alpha value is -3.98. The summed E-state index contributed by atoms with van der Waals surface area (Å²) in [5, 5.41) is 0.649. The van der Waals surface area contributed by atoms with Gasteiger partial charge in [-0.1, -0.05) is 54.1 Å². The van der Waals surface area contributed by atoms with E-state index in [9.17, 15) is 22.8 Å². The number of nitrogens with zero attached hydrogens (tertiary/aromatic N) is 2. The number of aryl methyl sites for hydroxylation is 1. The van der Waals surface area contributed by atoms with Gasteiger partial charge in [0.1, 0.15) is 0 Å². The summed E-state index contributed by atoms with van der Waals surface area (Å²) in [5.74, 6) is -1.54. The molecule has 9 heteroatoms. The predicted molar refractivity (Wildman–Crippen MR) is 135 cm³/mol. The van der Waals surface area contributed by atoms with Crippen LogP contribution < -0.4 is 5.32 Å². The fraction of sp³-hybridized carbons (Fsp3) is 0.222. The lowest BCUT2D eigenvalue weighted by Crippen LogP contribution is -2.57. The first kappa shape index (κ1) is 25.1. The molecule has 186 valence electrons. The van der Waals surface area contributed by atoms with E-state index in [1.165, 1.54) is 17.0 Å². The third kappa shape index (κ3) is 5.46. The number of carbonyl (C=O) groups is 3. The average molecular weight is 506 g/mol. The summed E-state index contributed by atoms with van der Waals surface area (Å²) < 4.78 is 26.9. The first-order chi connectivity index (χ1) is 17.3. The summed E-state index contributed by atoms with van der Waals surface area (Å²) in [4.78, 5) is 42.1. The fourth-order valence-corrected chi connectivity index (χ4v) is 5.47. The van der Waals surface area contributed by atoms with Gasteiger partial charge in [0, 0.05) is 37.3 Å². The number of amides is 3. The molecule has 0 aliphatic carbocycles. The van der Waals surface area contributed by atoms with Crippen molar-refractivity contribution >= 4 is 27.6 Å². The van der Waals surface area contributed by atoms with Gasteiger partial charge in [-0.25, -0.2) is 8.42 Å². The summed E-state index contributed by atoms with van der Waals surface area (Å²) in [6, 6.07) is 23.0. The molecule has 1 saturated heterocycles. The Morgan fingerprint density at radius 3 is 1.83 bits per heavy atom. The number of piperazine rings is 1. The van der Waals surface area contributed by atoms with Gasteiger partial charge in [0.15, 0.2) is 0 Å². The second-order valence-electron chi connectivity index (χ2n) is 8.56. The lowest BCUT2D eigenvalue weighted by Gasteiger charge is -2.36. The summed E-state index contributed by atoms with van der Waals surface area (Å²) >= 11 is 0. The van der Waals surface area contributed by atoms with Crippen molar-refractivity contribution < 1.29 is 22.8 Å². The minimum Gasteiger partial charge on any atom is -0.336 e. The summed E-state index contributed by atoms with van der Waals surface area (Å²) in [6.45, 7) is 2.68. The van der Waals surface area contributed by atoms with Crippen LogP contribution in [0.15, 0.2) is 89.8 Å². The van der Waals surface area contributed by atoms with Gasteiger partial charge in [-0.3, -0.25) is 14.4 Å². The Bertz CT molecular complexity index is 1340. The lowest BCUT2D eigenvalue weighted by atomic mass is 10.1. The number of sulfone groups is 1. The maximum atomic E-state index is 13.5. The number of hydrogen-bond acceptors (Lipinski definition) is 5. The number of benzene rings is 3. The van der Waals surface area contributed by atoms with E-state index >= 15 is 0 Å². The largest absolute Gasteiger partial charge is 0.336 e. The molecule has 1 aliphatic rings. The topological polar surface area (TPSA) is 104 Å². The highest BCUT2D eigenvalue weighted by Crippen LogP contribution is 2.19. The molecule has 4 rings (SSSR count). The molecule has 1 fully saturated rings. The van der Waals surface area contributed by atoms with Crippen LogP contribution in [0.25, 0.3) is 0 Å². The average Bonchev–Trinajstić information content (AvgIpc) is 2.92. The molecule has 0 saturated carbocycles. The van der Waals surface area contributed by atoms with E-state index in [1.54, 1.807) is 71.6 Å². The third-order valence-corrected chi connectivity index (χ3v) is 7.95. The SMILES string of the molecule is Cc1ccc(C(=O)N[C@@H](C(=O)N2CCN(C(=O)c3ccccc3)CC2)S(=O)(=O)c2ccccc2)cc1. The highest BCUT2D eigenvalue weighted by atomic mass is 32.2. The van der Waals surface area contributed by atoms with E-state index in [4.69, 9.17) is 0 Å². The van der Waals surface area contributed by atoms with E-state index in [0.717, 1.165) is 5.56 Å². The van der Waals surface area contributed by atoms with Crippen LogP contribution >= 0.6 is 0 Å². The Morgan fingerprint density at radius 1 is 0.722 bits per heavy atom. The molecule has 0 aromatic heterocycles. The van der Waals surface area contributed by atoms with Gasteiger partial charge in [0.25, 0.3) is 17.7 Å². The van der Waals surface area contributed by atoms with Crippen LogP contribution in [-0.2, 0) is 14.6 Å². The van der Waals surface area contributed by atoms with Crippen LogP contribution in [0.2, 0.25) is 0 Å². The molecule has 0 radical (unpaired) electrons. The molecule has 3 aromatic rings. The number of hydrogen-bond donors (Lipinski definition) is 1. The Labute approximate surface area is 210 Å². The molecule has 1 N–H and O–H groups in total.